The molecular weight excluding hydrogens is 326 g/mol. The van der Waals surface area contributed by atoms with Crippen molar-refractivity contribution in [3.8, 4) is 0 Å². The lowest BCUT2D eigenvalue weighted by Gasteiger charge is -2.68. The number of Topliss-reactive ketones (excluding diaryl/α,β-unsaturated/α-hetero) is 1. The number of hydrogen-bond acceptors (Lipinski definition) is 4. The van der Waals surface area contributed by atoms with Gasteiger partial charge in [0.15, 0.2) is 0 Å². The minimum atomic E-state index is -0.566. The summed E-state index contributed by atoms with van der Waals surface area (Å²) in [6, 6.07) is 0.533. The van der Waals surface area contributed by atoms with E-state index in [9.17, 15) is 9.90 Å². The van der Waals surface area contributed by atoms with Crippen LogP contribution in [0.3, 0.4) is 0 Å². The van der Waals surface area contributed by atoms with E-state index in [0.717, 1.165) is 38.8 Å². The van der Waals surface area contributed by atoms with Crippen molar-refractivity contribution >= 4 is 5.78 Å². The Kier molecular flexibility index (Phi) is 2.45. The first-order chi connectivity index (χ1) is 12.3. The molecule has 6 bridgehead atoms. The van der Waals surface area contributed by atoms with Gasteiger partial charge in [-0.3, -0.25) is 9.69 Å². The minimum absolute atomic E-state index is 0.00316. The van der Waals surface area contributed by atoms with Gasteiger partial charge in [-0.25, -0.2) is 0 Å². The monoisotopic (exact) mass is 357 g/mol. The van der Waals surface area contributed by atoms with Crippen molar-refractivity contribution < 1.29 is 14.6 Å². The highest BCUT2D eigenvalue weighted by molar-refractivity contribution is 5.86. The third-order valence-electron chi connectivity index (χ3n) is 10.8. The first kappa shape index (κ1) is 15.5. The van der Waals surface area contributed by atoms with Crippen molar-refractivity contribution in [3.05, 3.63) is 0 Å². The van der Waals surface area contributed by atoms with E-state index < -0.39 is 5.60 Å². The van der Waals surface area contributed by atoms with E-state index in [2.05, 4.69) is 18.7 Å². The maximum Gasteiger partial charge on any atom is 0.137 e. The Morgan fingerprint density at radius 2 is 2.08 bits per heavy atom. The molecule has 0 radical (unpaired) electrons. The highest BCUT2D eigenvalue weighted by atomic mass is 16.5. The van der Waals surface area contributed by atoms with Gasteiger partial charge in [-0.1, -0.05) is 13.3 Å². The largest absolute Gasteiger partial charge is 0.390 e. The van der Waals surface area contributed by atoms with Gasteiger partial charge in [0.25, 0.3) is 0 Å². The Labute approximate surface area is 155 Å². The summed E-state index contributed by atoms with van der Waals surface area (Å²) in [5.41, 5.74) is -0.305. The van der Waals surface area contributed by atoms with Crippen LogP contribution in [0.25, 0.3) is 0 Å². The normalized spacial score (nSPS) is 67.6. The van der Waals surface area contributed by atoms with E-state index in [-0.39, 0.29) is 28.4 Å². The van der Waals surface area contributed by atoms with E-state index >= 15 is 0 Å². The predicted octanol–water partition coefficient (Wildman–Crippen LogP) is 2.59. The van der Waals surface area contributed by atoms with Crippen LogP contribution in [-0.2, 0) is 9.53 Å². The third-order valence-corrected chi connectivity index (χ3v) is 10.8. The smallest absolute Gasteiger partial charge is 0.137 e. The van der Waals surface area contributed by atoms with Gasteiger partial charge in [0.2, 0.25) is 0 Å². The maximum absolute atomic E-state index is 13.7. The summed E-state index contributed by atoms with van der Waals surface area (Å²) < 4.78 is 6.34. The van der Waals surface area contributed by atoms with Crippen molar-refractivity contribution in [1.29, 1.82) is 0 Å². The number of carbonyl (C=O) groups excluding carboxylic acids is 1. The van der Waals surface area contributed by atoms with Crippen LogP contribution in [0.15, 0.2) is 0 Å². The van der Waals surface area contributed by atoms with Gasteiger partial charge in [0.1, 0.15) is 12.0 Å². The van der Waals surface area contributed by atoms with Gasteiger partial charge in [0.05, 0.1) is 12.2 Å². The van der Waals surface area contributed by atoms with Crippen molar-refractivity contribution in [2.75, 3.05) is 13.2 Å². The molecule has 0 aromatic carbocycles. The number of ether oxygens (including phenoxy) is 1. The van der Waals surface area contributed by atoms with Crippen LogP contribution in [0.1, 0.15) is 58.8 Å². The van der Waals surface area contributed by atoms with Gasteiger partial charge in [-0.2, -0.15) is 0 Å². The summed E-state index contributed by atoms with van der Waals surface area (Å²) >= 11 is 0. The Balaban J connectivity index is 1.52. The van der Waals surface area contributed by atoms with Gasteiger partial charge in [-0.05, 0) is 62.2 Å². The number of aliphatic hydroxyl groups is 1. The first-order valence-corrected chi connectivity index (χ1v) is 11.0. The molecule has 2 heterocycles. The molecule has 8 fully saturated rings. The average Bonchev–Trinajstić information content (AvgIpc) is 3.04. The van der Waals surface area contributed by atoms with Crippen LogP contribution >= 0.6 is 0 Å². The molecule has 0 aromatic heterocycles. The minimum Gasteiger partial charge on any atom is -0.390 e. The van der Waals surface area contributed by atoms with Crippen LogP contribution in [0.5, 0.6) is 0 Å². The van der Waals surface area contributed by atoms with Crippen molar-refractivity contribution in [3.63, 3.8) is 0 Å². The van der Waals surface area contributed by atoms with Gasteiger partial charge >= 0.3 is 0 Å². The van der Waals surface area contributed by atoms with Gasteiger partial charge in [-0.15, -0.1) is 0 Å². The molecule has 2 spiro atoms. The number of carbonyl (C=O) groups is 1. The Hall–Kier alpha value is -0.450. The molecule has 0 unspecified atom stereocenters. The van der Waals surface area contributed by atoms with Gasteiger partial charge in [0, 0.05) is 35.8 Å². The van der Waals surface area contributed by atoms with Gasteiger partial charge < -0.3 is 9.84 Å². The quantitative estimate of drug-likeness (QED) is 0.724. The summed E-state index contributed by atoms with van der Waals surface area (Å²) in [6.45, 7) is 6.32. The van der Waals surface area contributed by atoms with E-state index in [4.69, 9.17) is 4.74 Å². The molecule has 4 nitrogen and oxygen atoms in total. The standard InChI is InChI=1S/C22H31NO3/c1-19-4-3-5-22-15-9-12-8-13(17(22)23-6-7-26-18(19)23)21(15,11-20(12,2)25)10-14(24)16(19)22/h12-13,15-18,25H,3-11H2,1-2H3/t12-,13+,15+,16-,17+,18+,19+,20-,21+,22+/m0/s1. The fourth-order valence-electron chi connectivity index (χ4n) is 10.7. The SMILES string of the molecule is C[C@]12CCC[C@]34[C@@H]5C[C@@H]6C[C@H]([C@H]3N3CCO[C@@H]31)[C@@]5(CC(=O)[C@@H]24)C[C@]6(C)O. The predicted molar refractivity (Wildman–Crippen MR) is 95.1 cm³/mol. The number of ketones is 1. The van der Waals surface area contributed by atoms with Crippen molar-refractivity contribution in [2.24, 2.45) is 39.9 Å². The molecule has 2 saturated heterocycles. The second-order valence-corrected chi connectivity index (χ2v) is 11.5. The zero-order valence-electron chi connectivity index (χ0n) is 16.0. The lowest BCUT2D eigenvalue weighted by molar-refractivity contribution is -0.240. The molecule has 2 aliphatic heterocycles. The van der Waals surface area contributed by atoms with Crippen molar-refractivity contribution in [2.45, 2.75) is 76.7 Å². The van der Waals surface area contributed by atoms with Crippen LogP contribution in [0.2, 0.25) is 0 Å². The number of hydrogen-bond donors (Lipinski definition) is 1. The number of piperidine rings is 1. The Bertz CT molecular complexity index is 735. The molecule has 10 atom stereocenters. The van der Waals surface area contributed by atoms with E-state index in [0.29, 0.717) is 29.6 Å². The number of rotatable bonds is 0. The van der Waals surface area contributed by atoms with Crippen molar-refractivity contribution in [1.82, 2.24) is 4.90 Å². The first-order valence-electron chi connectivity index (χ1n) is 11.0. The lowest BCUT2D eigenvalue weighted by atomic mass is 9.38. The van der Waals surface area contributed by atoms with E-state index in [1.54, 1.807) is 0 Å². The summed E-state index contributed by atoms with van der Waals surface area (Å²) in [7, 11) is 0. The molecule has 8 aliphatic rings. The molecule has 1 N–H and O–H groups in total. The zero-order chi connectivity index (χ0) is 17.7. The van der Waals surface area contributed by atoms with Crippen LogP contribution in [0.4, 0.5) is 0 Å². The highest BCUT2D eigenvalue weighted by Crippen LogP contribution is 2.83. The van der Waals surface area contributed by atoms with Crippen LogP contribution < -0.4 is 0 Å². The molecule has 4 heteroatoms. The lowest BCUT2D eigenvalue weighted by Crippen LogP contribution is -2.71. The Morgan fingerprint density at radius 3 is 2.92 bits per heavy atom. The molecule has 0 aromatic rings. The number of nitrogens with zero attached hydrogens (tertiary/aromatic N) is 1. The maximum atomic E-state index is 13.7. The fourth-order valence-corrected chi connectivity index (χ4v) is 10.7. The molecular formula is C22H31NO3. The molecule has 26 heavy (non-hydrogen) atoms. The molecule has 142 valence electrons. The average molecular weight is 357 g/mol. The second-order valence-electron chi connectivity index (χ2n) is 11.5. The molecule has 6 saturated carbocycles. The van der Waals surface area contributed by atoms with Crippen LogP contribution in [-0.4, -0.2) is 46.8 Å². The molecule has 8 rings (SSSR count). The zero-order valence-corrected chi connectivity index (χ0v) is 16.0. The highest BCUT2D eigenvalue weighted by Gasteiger charge is 2.84. The number of fused-ring (bicyclic) bond motifs is 4. The summed E-state index contributed by atoms with van der Waals surface area (Å²) in [4.78, 5) is 16.5. The van der Waals surface area contributed by atoms with E-state index in [1.165, 1.54) is 19.3 Å². The van der Waals surface area contributed by atoms with E-state index in [1.807, 2.05) is 0 Å². The topological polar surface area (TPSA) is 49.8 Å². The third kappa shape index (κ3) is 1.28. The summed E-state index contributed by atoms with van der Waals surface area (Å²) in [5.74, 6) is 2.43. The summed E-state index contributed by atoms with van der Waals surface area (Å²) in [5, 5.41) is 11.2. The second kappa shape index (κ2) is 4.11. The molecule has 6 aliphatic carbocycles. The summed E-state index contributed by atoms with van der Waals surface area (Å²) in [6.07, 6.45) is 7.70. The molecule has 0 amide bonds. The fraction of sp³-hybridized carbons (Fsp3) is 0.955. The Morgan fingerprint density at radius 1 is 1.23 bits per heavy atom. The van der Waals surface area contributed by atoms with Crippen LogP contribution in [0, 0.1) is 39.9 Å².